The number of carbonyl (C=O) groups is 1. The van der Waals surface area contributed by atoms with Crippen molar-refractivity contribution in [3.8, 4) is 33.9 Å². The number of nitrogens with one attached hydrogen (secondary N) is 4. The van der Waals surface area contributed by atoms with Gasteiger partial charge in [-0.2, -0.15) is 5.10 Å². The van der Waals surface area contributed by atoms with E-state index in [0.29, 0.717) is 51.5 Å². The number of halogens is 1. The van der Waals surface area contributed by atoms with Crippen LogP contribution in [0.4, 0.5) is 10.1 Å². The van der Waals surface area contributed by atoms with E-state index < -0.39 is 15.8 Å². The molecular weight excluding hydrogens is 583 g/mol. The van der Waals surface area contributed by atoms with Crippen LogP contribution in [0.3, 0.4) is 0 Å². The van der Waals surface area contributed by atoms with Gasteiger partial charge in [-0.25, -0.2) is 22.5 Å². The van der Waals surface area contributed by atoms with E-state index in [-0.39, 0.29) is 18.4 Å². The summed E-state index contributed by atoms with van der Waals surface area (Å²) in [7, 11) is -3.45. The Morgan fingerprint density at radius 3 is 2.61 bits per heavy atom. The Morgan fingerprint density at radius 2 is 1.82 bits per heavy atom. The minimum atomic E-state index is -3.45. The van der Waals surface area contributed by atoms with Crippen LogP contribution < -0.4 is 10.0 Å². The molecule has 44 heavy (non-hydrogen) atoms. The van der Waals surface area contributed by atoms with Crippen LogP contribution in [0.15, 0.2) is 67.1 Å². The zero-order valence-electron chi connectivity index (χ0n) is 24.1. The third kappa shape index (κ3) is 6.33. The van der Waals surface area contributed by atoms with Crippen LogP contribution >= 0.6 is 0 Å². The lowest BCUT2D eigenvalue weighted by atomic mass is 10.0. The molecule has 6 aromatic rings. The largest absolute Gasteiger partial charge is 0.336 e. The van der Waals surface area contributed by atoms with E-state index in [9.17, 15) is 17.6 Å². The molecule has 11 nitrogen and oxygen atoms in total. The summed E-state index contributed by atoms with van der Waals surface area (Å²) in [4.78, 5) is 29.2. The highest BCUT2D eigenvalue weighted by Crippen LogP contribution is 2.33. The van der Waals surface area contributed by atoms with Crippen molar-refractivity contribution in [1.29, 1.82) is 0 Å². The van der Waals surface area contributed by atoms with Crippen molar-refractivity contribution >= 4 is 43.6 Å². The molecule has 224 valence electrons. The molecule has 2 aromatic carbocycles. The lowest BCUT2D eigenvalue weighted by molar-refractivity contribution is -0.116. The molecule has 4 N–H and O–H groups in total. The number of hydrogen-bond donors (Lipinski definition) is 4. The van der Waals surface area contributed by atoms with Gasteiger partial charge in [-0.3, -0.25) is 19.9 Å². The van der Waals surface area contributed by atoms with Gasteiger partial charge in [0.15, 0.2) is 5.82 Å². The Balaban J connectivity index is 1.36. The highest BCUT2D eigenvalue weighted by molar-refractivity contribution is 7.88. The minimum absolute atomic E-state index is 0.0598. The monoisotopic (exact) mass is 612 g/mol. The summed E-state index contributed by atoms with van der Waals surface area (Å²) in [5.74, 6) is 0.145. The molecule has 6 rings (SSSR count). The number of aromatic amines is 2. The molecule has 0 saturated carbocycles. The van der Waals surface area contributed by atoms with Gasteiger partial charge in [-0.15, -0.1) is 0 Å². The lowest BCUT2D eigenvalue weighted by Gasteiger charge is -2.09. The van der Waals surface area contributed by atoms with Gasteiger partial charge in [-0.1, -0.05) is 19.9 Å². The number of carbonyl (C=O) groups excluding carboxylic acids is 1. The highest BCUT2D eigenvalue weighted by Gasteiger charge is 2.18. The number of H-pyrrole nitrogens is 2. The molecule has 1 amide bonds. The summed E-state index contributed by atoms with van der Waals surface area (Å²) in [6.45, 7) is 3.92. The molecule has 0 bridgehead atoms. The Hall–Kier alpha value is -5.01. The third-order valence-electron chi connectivity index (χ3n) is 6.91. The molecule has 13 heteroatoms. The van der Waals surface area contributed by atoms with E-state index in [0.717, 1.165) is 28.3 Å². The summed E-state index contributed by atoms with van der Waals surface area (Å²) in [6, 6.07) is 13.8. The zero-order valence-corrected chi connectivity index (χ0v) is 25.0. The maximum atomic E-state index is 14.6. The van der Waals surface area contributed by atoms with Crippen LogP contribution in [0.2, 0.25) is 0 Å². The quantitative estimate of drug-likeness (QED) is 0.170. The Morgan fingerprint density at radius 1 is 0.977 bits per heavy atom. The first-order valence-electron chi connectivity index (χ1n) is 13.9. The molecule has 0 saturated heterocycles. The fourth-order valence-corrected chi connectivity index (χ4v) is 5.41. The van der Waals surface area contributed by atoms with E-state index in [2.05, 4.69) is 35.2 Å². The molecule has 0 radical (unpaired) electrons. The number of imidazole rings is 1. The number of fused-ring (bicyclic) bond motifs is 2. The number of benzene rings is 2. The molecule has 0 aliphatic rings. The van der Waals surface area contributed by atoms with Gasteiger partial charge in [0.05, 0.1) is 34.9 Å². The average molecular weight is 613 g/mol. The number of amides is 1. The molecule has 0 spiro atoms. The van der Waals surface area contributed by atoms with Crippen molar-refractivity contribution < 1.29 is 17.6 Å². The van der Waals surface area contributed by atoms with E-state index >= 15 is 0 Å². The van der Waals surface area contributed by atoms with E-state index in [1.165, 1.54) is 12.1 Å². The Kier molecular flexibility index (Phi) is 7.66. The van der Waals surface area contributed by atoms with Crippen molar-refractivity contribution in [1.82, 2.24) is 34.9 Å². The average Bonchev–Trinajstić information content (AvgIpc) is 3.59. The second-order valence-corrected chi connectivity index (χ2v) is 12.9. The van der Waals surface area contributed by atoms with Crippen LogP contribution in [0.1, 0.15) is 25.8 Å². The van der Waals surface area contributed by atoms with E-state index in [1.807, 2.05) is 38.1 Å². The molecule has 4 heterocycles. The number of pyridine rings is 2. The fourth-order valence-electron chi connectivity index (χ4n) is 4.99. The van der Waals surface area contributed by atoms with Gasteiger partial charge >= 0.3 is 0 Å². The van der Waals surface area contributed by atoms with Gasteiger partial charge in [0.2, 0.25) is 15.9 Å². The van der Waals surface area contributed by atoms with E-state index in [4.69, 9.17) is 4.98 Å². The molecular formula is C31H29FN8O3S. The van der Waals surface area contributed by atoms with Gasteiger partial charge in [0.25, 0.3) is 0 Å². The molecule has 0 aliphatic heterocycles. The second-order valence-electron chi connectivity index (χ2n) is 11.0. The number of anilines is 1. The minimum Gasteiger partial charge on any atom is -0.336 e. The Bertz CT molecular complexity index is 2140. The first kappa shape index (κ1) is 29.1. The maximum absolute atomic E-state index is 14.6. The Labute approximate surface area is 252 Å². The summed E-state index contributed by atoms with van der Waals surface area (Å²) >= 11 is 0. The molecule has 0 aliphatic carbocycles. The van der Waals surface area contributed by atoms with Gasteiger partial charge in [0, 0.05) is 41.9 Å². The first-order valence-corrected chi connectivity index (χ1v) is 15.7. The summed E-state index contributed by atoms with van der Waals surface area (Å²) in [5, 5.41) is 11.3. The number of hydrogen-bond acceptors (Lipinski definition) is 7. The van der Waals surface area contributed by atoms with Gasteiger partial charge in [-0.05, 0) is 59.5 Å². The SMILES string of the molecule is CC(C)CC(=O)Nc1cncc(-c2ccc3[nH]nc(-c4nc5c(-c6cc(F)cc(CNS(C)(=O)=O)c6)nccc5[nH]4)c3c2)c1. The fraction of sp³-hybridized carbons (Fsp3) is 0.194. The highest BCUT2D eigenvalue weighted by atomic mass is 32.2. The number of sulfonamides is 1. The summed E-state index contributed by atoms with van der Waals surface area (Å²) in [5.41, 5.74) is 6.22. The van der Waals surface area contributed by atoms with Gasteiger partial charge < -0.3 is 10.3 Å². The smallest absolute Gasteiger partial charge is 0.224 e. The normalized spacial score (nSPS) is 11.9. The number of nitrogens with zero attached hydrogens (tertiary/aromatic N) is 4. The summed E-state index contributed by atoms with van der Waals surface area (Å²) < 4.78 is 40.1. The summed E-state index contributed by atoms with van der Waals surface area (Å²) in [6.07, 6.45) is 6.42. The van der Waals surface area contributed by atoms with Crippen molar-refractivity contribution in [3.05, 3.63) is 78.5 Å². The maximum Gasteiger partial charge on any atom is 0.224 e. The van der Waals surface area contributed by atoms with E-state index in [1.54, 1.807) is 30.7 Å². The van der Waals surface area contributed by atoms with Crippen molar-refractivity contribution in [2.24, 2.45) is 5.92 Å². The van der Waals surface area contributed by atoms with Crippen LogP contribution in [0, 0.1) is 11.7 Å². The second kappa shape index (κ2) is 11.6. The number of aromatic nitrogens is 6. The lowest BCUT2D eigenvalue weighted by Crippen LogP contribution is -2.21. The predicted octanol–water partition coefficient (Wildman–Crippen LogP) is 5.40. The van der Waals surface area contributed by atoms with Crippen LogP contribution in [-0.4, -0.2) is 50.7 Å². The molecule has 4 aromatic heterocycles. The number of rotatable bonds is 9. The third-order valence-corrected chi connectivity index (χ3v) is 7.58. The van der Waals surface area contributed by atoms with Crippen molar-refractivity contribution in [3.63, 3.8) is 0 Å². The van der Waals surface area contributed by atoms with Crippen LogP contribution in [-0.2, 0) is 21.4 Å². The molecule has 0 unspecified atom stereocenters. The first-order chi connectivity index (χ1) is 21.0. The molecule has 0 fully saturated rings. The zero-order chi connectivity index (χ0) is 31.0. The van der Waals surface area contributed by atoms with Crippen LogP contribution in [0.25, 0.3) is 55.8 Å². The van der Waals surface area contributed by atoms with Crippen LogP contribution in [0.5, 0.6) is 0 Å². The standard InChI is InChI=1S/C31H29FN8O3S/c1-17(2)8-27(41)36-23-12-21(15-33-16-23)19-4-5-25-24(13-19)29(40-39-25)31-37-26-6-7-34-28(30(26)38-31)20-9-18(10-22(32)11-20)14-35-44(3,42)43/h4-7,9-13,15-17,35H,8,14H2,1-3H3,(H,36,41)(H,37,38)(H,39,40). The predicted molar refractivity (Wildman–Crippen MR) is 167 cm³/mol. The van der Waals surface area contributed by atoms with Crippen molar-refractivity contribution in [2.75, 3.05) is 11.6 Å². The molecule has 0 atom stereocenters. The van der Waals surface area contributed by atoms with Gasteiger partial charge in [0.1, 0.15) is 17.0 Å². The topological polar surface area (TPSA) is 158 Å². The van der Waals surface area contributed by atoms with Crippen molar-refractivity contribution in [2.45, 2.75) is 26.8 Å².